The highest BCUT2D eigenvalue weighted by Crippen LogP contribution is 2.38. The van der Waals surface area contributed by atoms with Gasteiger partial charge in [-0.3, -0.25) is 9.69 Å². The van der Waals surface area contributed by atoms with Gasteiger partial charge in [0.25, 0.3) is 5.91 Å². The molecule has 2 aliphatic rings. The number of carbonyl (C=O) groups excluding carboxylic acids is 1. The molecule has 7 nitrogen and oxygen atoms in total. The first kappa shape index (κ1) is 24.7. The maximum Gasteiger partial charge on any atom is 0.255 e. The second-order valence-electron chi connectivity index (χ2n) is 9.97. The van der Waals surface area contributed by atoms with Gasteiger partial charge in [0.05, 0.1) is 17.6 Å². The predicted octanol–water partition coefficient (Wildman–Crippen LogP) is 4.02. The van der Waals surface area contributed by atoms with E-state index in [0.717, 1.165) is 32.2 Å². The highest BCUT2D eigenvalue weighted by Gasteiger charge is 2.41. The summed E-state index contributed by atoms with van der Waals surface area (Å²) in [6, 6.07) is 20.0. The Morgan fingerprint density at radius 1 is 1.00 bits per heavy atom. The first-order valence-electron chi connectivity index (χ1n) is 12.4. The Labute approximate surface area is 213 Å². The van der Waals surface area contributed by atoms with Gasteiger partial charge in [-0.15, -0.1) is 0 Å². The van der Waals surface area contributed by atoms with Crippen molar-refractivity contribution in [3.8, 4) is 5.75 Å². The zero-order valence-corrected chi connectivity index (χ0v) is 21.8. The monoisotopic (exact) mass is 507 g/mol. The van der Waals surface area contributed by atoms with Crippen molar-refractivity contribution in [3.63, 3.8) is 0 Å². The van der Waals surface area contributed by atoms with Gasteiger partial charge in [0, 0.05) is 49.5 Å². The molecule has 0 saturated carbocycles. The third kappa shape index (κ3) is 4.49. The van der Waals surface area contributed by atoms with Crippen molar-refractivity contribution in [2.24, 2.45) is 0 Å². The summed E-state index contributed by atoms with van der Waals surface area (Å²) in [5.41, 5.74) is 1.56. The Bertz CT molecular complexity index is 1360. The third-order valence-electron chi connectivity index (χ3n) is 7.59. The summed E-state index contributed by atoms with van der Waals surface area (Å²) in [5.74, 6) is 0.0963. The Morgan fingerprint density at radius 3 is 2.22 bits per heavy atom. The highest BCUT2D eigenvalue weighted by molar-refractivity contribution is 7.89. The third-order valence-corrected chi connectivity index (χ3v) is 9.45. The second kappa shape index (κ2) is 9.84. The van der Waals surface area contributed by atoms with Crippen LogP contribution in [-0.4, -0.2) is 62.9 Å². The summed E-state index contributed by atoms with van der Waals surface area (Å²) in [6.07, 6.45) is 4.03. The van der Waals surface area contributed by atoms with E-state index < -0.39 is 10.0 Å². The highest BCUT2D eigenvalue weighted by atomic mass is 32.2. The van der Waals surface area contributed by atoms with E-state index in [1.165, 1.54) is 37.1 Å². The standard InChI is InChI=1S/C28H33N3O4S/c1-30(2)36(33,34)26-17-25(27(35-3)24-12-8-7-11-23(24)26)28(32)29-20-15-21-13-14-22(16-20)31(21)18-19-9-5-4-6-10-19/h4-12,17,20-22H,13-16,18H2,1-3H3,(H,29,32). The van der Waals surface area contributed by atoms with E-state index in [4.69, 9.17) is 4.74 Å². The number of piperidine rings is 1. The Balaban J connectivity index is 1.41. The molecule has 5 rings (SSSR count). The van der Waals surface area contributed by atoms with E-state index in [2.05, 4.69) is 34.5 Å². The summed E-state index contributed by atoms with van der Waals surface area (Å²) in [6.45, 7) is 0.932. The van der Waals surface area contributed by atoms with E-state index in [0.29, 0.717) is 28.6 Å². The number of fused-ring (bicyclic) bond motifs is 3. The van der Waals surface area contributed by atoms with Crippen molar-refractivity contribution >= 4 is 26.7 Å². The van der Waals surface area contributed by atoms with E-state index >= 15 is 0 Å². The fourth-order valence-corrected chi connectivity index (χ4v) is 6.94. The first-order chi connectivity index (χ1) is 17.3. The molecule has 2 bridgehead atoms. The lowest BCUT2D eigenvalue weighted by molar-refractivity contribution is 0.0825. The molecule has 8 heteroatoms. The van der Waals surface area contributed by atoms with Crippen molar-refractivity contribution < 1.29 is 17.9 Å². The van der Waals surface area contributed by atoms with Crippen LogP contribution >= 0.6 is 0 Å². The lowest BCUT2D eigenvalue weighted by Crippen LogP contribution is -2.50. The van der Waals surface area contributed by atoms with E-state index in [9.17, 15) is 13.2 Å². The molecule has 0 aromatic heterocycles. The van der Waals surface area contributed by atoms with Gasteiger partial charge in [-0.05, 0) is 37.3 Å². The number of sulfonamides is 1. The van der Waals surface area contributed by atoms with Gasteiger partial charge in [-0.1, -0.05) is 54.6 Å². The minimum absolute atomic E-state index is 0.0344. The molecule has 0 spiro atoms. The number of nitrogens with one attached hydrogen (secondary N) is 1. The number of hydrogen-bond acceptors (Lipinski definition) is 5. The molecule has 2 heterocycles. The quantitative estimate of drug-likeness (QED) is 0.523. The molecule has 2 fully saturated rings. The number of carbonyl (C=O) groups is 1. The number of rotatable bonds is 7. The first-order valence-corrected chi connectivity index (χ1v) is 13.9. The molecule has 2 aliphatic heterocycles. The van der Waals surface area contributed by atoms with Gasteiger partial charge in [-0.25, -0.2) is 12.7 Å². The van der Waals surface area contributed by atoms with Crippen molar-refractivity contribution in [2.45, 2.75) is 55.2 Å². The SMILES string of the molecule is COc1c(C(=O)NC2CC3CCC(C2)N3Cc2ccccc2)cc(S(=O)(=O)N(C)C)c2ccccc12. The number of nitrogens with zero attached hydrogens (tertiary/aromatic N) is 2. The van der Waals surface area contributed by atoms with E-state index in [1.807, 2.05) is 12.1 Å². The topological polar surface area (TPSA) is 79.0 Å². The summed E-state index contributed by atoms with van der Waals surface area (Å²) in [4.78, 5) is 16.3. The molecule has 0 radical (unpaired) electrons. The molecule has 1 N–H and O–H groups in total. The molecular formula is C28H33N3O4S. The molecule has 2 unspecified atom stereocenters. The summed E-state index contributed by atoms with van der Waals surface area (Å²) in [7, 11) is 0.730. The number of ether oxygens (including phenoxy) is 1. The molecule has 0 aliphatic carbocycles. The van der Waals surface area contributed by atoms with Gasteiger partial charge in [-0.2, -0.15) is 0 Å². The van der Waals surface area contributed by atoms with Crippen molar-refractivity contribution in [3.05, 3.63) is 71.8 Å². The molecule has 2 atom stereocenters. The lowest BCUT2D eigenvalue weighted by Gasteiger charge is -2.39. The van der Waals surface area contributed by atoms with Crippen LogP contribution in [0.2, 0.25) is 0 Å². The maximum absolute atomic E-state index is 13.6. The molecule has 3 aromatic rings. The van der Waals surface area contributed by atoms with Crippen LogP contribution < -0.4 is 10.1 Å². The molecular weight excluding hydrogens is 474 g/mol. The Morgan fingerprint density at radius 2 is 1.61 bits per heavy atom. The number of methoxy groups -OCH3 is 1. The predicted molar refractivity (Wildman–Crippen MR) is 141 cm³/mol. The fraction of sp³-hybridized carbons (Fsp3) is 0.393. The Hall–Kier alpha value is -2.94. The zero-order valence-electron chi connectivity index (χ0n) is 21.0. The van der Waals surface area contributed by atoms with Crippen molar-refractivity contribution in [2.75, 3.05) is 21.2 Å². The molecule has 3 aromatic carbocycles. The molecule has 190 valence electrons. The van der Waals surface area contributed by atoms with E-state index in [1.54, 1.807) is 18.2 Å². The summed E-state index contributed by atoms with van der Waals surface area (Å²) in [5, 5.41) is 4.35. The van der Waals surface area contributed by atoms with Crippen LogP contribution in [0.1, 0.15) is 41.6 Å². The maximum atomic E-state index is 13.6. The fourth-order valence-electron chi connectivity index (χ4n) is 5.82. The van der Waals surface area contributed by atoms with Gasteiger partial charge < -0.3 is 10.1 Å². The normalized spacial score (nSPS) is 22.2. The van der Waals surface area contributed by atoms with Crippen LogP contribution in [0.3, 0.4) is 0 Å². The minimum atomic E-state index is -3.77. The van der Waals surface area contributed by atoms with Crippen LogP contribution in [-0.2, 0) is 16.6 Å². The van der Waals surface area contributed by atoms with Crippen LogP contribution in [0.4, 0.5) is 0 Å². The smallest absolute Gasteiger partial charge is 0.255 e. The zero-order chi connectivity index (χ0) is 25.4. The van der Waals surface area contributed by atoms with E-state index in [-0.39, 0.29) is 22.4 Å². The molecule has 36 heavy (non-hydrogen) atoms. The molecule has 1 amide bonds. The average Bonchev–Trinajstić information content (AvgIpc) is 3.10. The van der Waals surface area contributed by atoms with Crippen LogP contribution in [0, 0.1) is 0 Å². The van der Waals surface area contributed by atoms with Crippen LogP contribution in [0.15, 0.2) is 65.6 Å². The number of amides is 1. The van der Waals surface area contributed by atoms with Crippen molar-refractivity contribution in [1.29, 1.82) is 0 Å². The minimum Gasteiger partial charge on any atom is -0.495 e. The molecule has 2 saturated heterocycles. The van der Waals surface area contributed by atoms with Gasteiger partial charge in [0.1, 0.15) is 5.75 Å². The van der Waals surface area contributed by atoms with Crippen LogP contribution in [0.5, 0.6) is 5.75 Å². The summed E-state index contributed by atoms with van der Waals surface area (Å²) >= 11 is 0. The average molecular weight is 508 g/mol. The van der Waals surface area contributed by atoms with Crippen LogP contribution in [0.25, 0.3) is 10.8 Å². The van der Waals surface area contributed by atoms with Gasteiger partial charge in [0.2, 0.25) is 10.0 Å². The summed E-state index contributed by atoms with van der Waals surface area (Å²) < 4.78 is 33.1. The van der Waals surface area contributed by atoms with Crippen molar-refractivity contribution in [1.82, 2.24) is 14.5 Å². The second-order valence-corrected chi connectivity index (χ2v) is 12.1. The lowest BCUT2D eigenvalue weighted by atomic mass is 9.96. The number of hydrogen-bond donors (Lipinski definition) is 1. The largest absolute Gasteiger partial charge is 0.495 e. The Kier molecular flexibility index (Phi) is 6.76. The van der Waals surface area contributed by atoms with Gasteiger partial charge >= 0.3 is 0 Å². The van der Waals surface area contributed by atoms with Gasteiger partial charge in [0.15, 0.2) is 0 Å². The number of benzene rings is 3.